The maximum Gasteiger partial charge on any atom is 0.240 e. The molecule has 0 saturated carbocycles. The summed E-state index contributed by atoms with van der Waals surface area (Å²) in [6.07, 6.45) is 4.88. The van der Waals surface area contributed by atoms with Crippen molar-refractivity contribution < 1.29 is 9.90 Å². The van der Waals surface area contributed by atoms with E-state index in [1.165, 1.54) is 0 Å². The Labute approximate surface area is 113 Å². The first kappa shape index (κ1) is 14.0. The zero-order valence-corrected chi connectivity index (χ0v) is 11.2. The molecular weight excluding hydrogens is 242 g/mol. The highest BCUT2D eigenvalue weighted by Gasteiger charge is 2.28. The third-order valence-electron chi connectivity index (χ3n) is 3.47. The van der Waals surface area contributed by atoms with Gasteiger partial charge in [0.1, 0.15) is 0 Å². The van der Waals surface area contributed by atoms with Crippen molar-refractivity contribution in [3.05, 3.63) is 30.1 Å². The van der Waals surface area contributed by atoms with Crippen LogP contribution in [0.25, 0.3) is 0 Å². The fourth-order valence-electron chi connectivity index (χ4n) is 2.38. The van der Waals surface area contributed by atoms with Crippen LogP contribution in [0.15, 0.2) is 24.5 Å². The minimum atomic E-state index is -0.274. The lowest BCUT2D eigenvalue weighted by molar-refractivity contribution is -0.133. The minimum Gasteiger partial charge on any atom is -0.396 e. The maximum absolute atomic E-state index is 12.4. The molecule has 104 valence electrons. The van der Waals surface area contributed by atoms with Crippen LogP contribution >= 0.6 is 0 Å². The summed E-state index contributed by atoms with van der Waals surface area (Å²) in [6.45, 7) is 3.46. The summed E-state index contributed by atoms with van der Waals surface area (Å²) in [5, 5.41) is 12.4. The first-order valence-corrected chi connectivity index (χ1v) is 6.75. The van der Waals surface area contributed by atoms with Gasteiger partial charge in [0.05, 0.1) is 6.04 Å². The number of hydrogen-bond acceptors (Lipinski definition) is 4. The summed E-state index contributed by atoms with van der Waals surface area (Å²) in [5.74, 6) is 0.0789. The number of rotatable bonds is 4. The number of aliphatic hydroxyl groups is 1. The van der Waals surface area contributed by atoms with E-state index in [1.807, 2.05) is 17.0 Å². The molecule has 0 aromatic carbocycles. The van der Waals surface area contributed by atoms with Gasteiger partial charge in [0.15, 0.2) is 0 Å². The normalized spacial score (nSPS) is 24.3. The number of aliphatic hydroxyl groups excluding tert-OH is 1. The quantitative estimate of drug-likeness (QED) is 0.832. The molecule has 19 heavy (non-hydrogen) atoms. The van der Waals surface area contributed by atoms with Gasteiger partial charge in [-0.25, -0.2) is 0 Å². The Kier molecular flexibility index (Phi) is 4.87. The SMILES string of the molecule is CC1CCN(Cc2ccncc2)C(=O)C(CCO)N1. The topological polar surface area (TPSA) is 65.5 Å². The number of hydrogen-bond donors (Lipinski definition) is 2. The van der Waals surface area contributed by atoms with Crippen LogP contribution in [0.5, 0.6) is 0 Å². The number of carbonyl (C=O) groups is 1. The fourth-order valence-corrected chi connectivity index (χ4v) is 2.38. The van der Waals surface area contributed by atoms with Crippen LogP contribution in [-0.4, -0.2) is 46.1 Å². The van der Waals surface area contributed by atoms with Crippen LogP contribution in [0.1, 0.15) is 25.3 Å². The maximum atomic E-state index is 12.4. The summed E-state index contributed by atoms with van der Waals surface area (Å²) < 4.78 is 0. The van der Waals surface area contributed by atoms with Gasteiger partial charge in [-0.05, 0) is 37.5 Å². The van der Waals surface area contributed by atoms with E-state index in [0.717, 1.165) is 18.5 Å². The third-order valence-corrected chi connectivity index (χ3v) is 3.47. The molecule has 0 bridgehead atoms. The minimum absolute atomic E-state index is 0.0270. The van der Waals surface area contributed by atoms with Crippen molar-refractivity contribution >= 4 is 5.91 Å². The van der Waals surface area contributed by atoms with E-state index in [-0.39, 0.29) is 18.6 Å². The molecule has 1 aromatic rings. The monoisotopic (exact) mass is 263 g/mol. The van der Waals surface area contributed by atoms with Crippen molar-refractivity contribution in [3.8, 4) is 0 Å². The Morgan fingerprint density at radius 2 is 2.21 bits per heavy atom. The Balaban J connectivity index is 2.08. The van der Waals surface area contributed by atoms with E-state index < -0.39 is 0 Å². The zero-order chi connectivity index (χ0) is 13.7. The summed E-state index contributed by atoms with van der Waals surface area (Å²) >= 11 is 0. The van der Waals surface area contributed by atoms with Crippen molar-refractivity contribution in [1.29, 1.82) is 0 Å². The van der Waals surface area contributed by atoms with E-state index in [9.17, 15) is 4.79 Å². The van der Waals surface area contributed by atoms with Crippen LogP contribution in [0.2, 0.25) is 0 Å². The molecule has 2 unspecified atom stereocenters. The average molecular weight is 263 g/mol. The van der Waals surface area contributed by atoms with Gasteiger partial charge in [-0.3, -0.25) is 9.78 Å². The molecule has 5 nitrogen and oxygen atoms in total. The molecule has 0 spiro atoms. The lowest BCUT2D eigenvalue weighted by atomic mass is 10.1. The molecule has 2 atom stereocenters. The number of amides is 1. The van der Waals surface area contributed by atoms with Gasteiger partial charge in [-0.15, -0.1) is 0 Å². The van der Waals surface area contributed by atoms with Gasteiger partial charge in [0.25, 0.3) is 0 Å². The zero-order valence-electron chi connectivity index (χ0n) is 11.2. The summed E-state index contributed by atoms with van der Waals surface area (Å²) in [7, 11) is 0. The van der Waals surface area contributed by atoms with Crippen molar-refractivity contribution in [2.75, 3.05) is 13.2 Å². The average Bonchev–Trinajstić information content (AvgIpc) is 2.54. The summed E-state index contributed by atoms with van der Waals surface area (Å²) in [6, 6.07) is 3.87. The van der Waals surface area contributed by atoms with Gasteiger partial charge in [-0.1, -0.05) is 0 Å². The van der Waals surface area contributed by atoms with Crippen LogP contribution < -0.4 is 5.32 Å². The smallest absolute Gasteiger partial charge is 0.240 e. The van der Waals surface area contributed by atoms with Crippen LogP contribution in [0.3, 0.4) is 0 Å². The molecule has 1 saturated heterocycles. The van der Waals surface area contributed by atoms with Gasteiger partial charge in [0.2, 0.25) is 5.91 Å². The van der Waals surface area contributed by atoms with Gasteiger partial charge in [-0.2, -0.15) is 0 Å². The summed E-state index contributed by atoms with van der Waals surface area (Å²) in [5.41, 5.74) is 1.08. The molecule has 0 radical (unpaired) electrons. The molecule has 0 aliphatic carbocycles. The number of aromatic nitrogens is 1. The van der Waals surface area contributed by atoms with E-state index in [0.29, 0.717) is 19.0 Å². The molecule has 1 aliphatic rings. The first-order valence-electron chi connectivity index (χ1n) is 6.75. The molecule has 1 aromatic heterocycles. The van der Waals surface area contributed by atoms with E-state index >= 15 is 0 Å². The second kappa shape index (κ2) is 6.63. The second-order valence-corrected chi connectivity index (χ2v) is 5.04. The van der Waals surface area contributed by atoms with Crippen molar-refractivity contribution in [2.24, 2.45) is 0 Å². The predicted molar refractivity (Wildman–Crippen MR) is 72.4 cm³/mol. The van der Waals surface area contributed by atoms with Crippen LogP contribution in [0, 0.1) is 0 Å². The van der Waals surface area contributed by atoms with Gasteiger partial charge < -0.3 is 15.3 Å². The van der Waals surface area contributed by atoms with Gasteiger partial charge in [0, 0.05) is 38.1 Å². The number of pyridine rings is 1. The molecule has 1 amide bonds. The fraction of sp³-hybridized carbons (Fsp3) is 0.571. The lowest BCUT2D eigenvalue weighted by Crippen LogP contribution is -2.45. The highest BCUT2D eigenvalue weighted by atomic mass is 16.3. The number of nitrogens with zero attached hydrogens (tertiary/aromatic N) is 2. The van der Waals surface area contributed by atoms with Crippen molar-refractivity contribution in [3.63, 3.8) is 0 Å². The lowest BCUT2D eigenvalue weighted by Gasteiger charge is -2.24. The Hall–Kier alpha value is -1.46. The number of nitrogens with one attached hydrogen (secondary N) is 1. The molecule has 2 N–H and O–H groups in total. The first-order chi connectivity index (χ1) is 9.20. The largest absolute Gasteiger partial charge is 0.396 e. The molecule has 5 heteroatoms. The van der Waals surface area contributed by atoms with E-state index in [4.69, 9.17) is 5.11 Å². The molecular formula is C14H21N3O2. The highest BCUT2D eigenvalue weighted by molar-refractivity contribution is 5.82. The molecule has 2 rings (SSSR count). The predicted octanol–water partition coefficient (Wildman–Crippen LogP) is 0.543. The number of carbonyl (C=O) groups excluding carboxylic acids is 1. The van der Waals surface area contributed by atoms with Crippen LogP contribution in [-0.2, 0) is 11.3 Å². The third kappa shape index (κ3) is 3.75. The van der Waals surface area contributed by atoms with Crippen molar-refractivity contribution in [1.82, 2.24) is 15.2 Å². The Morgan fingerprint density at radius 3 is 2.89 bits per heavy atom. The van der Waals surface area contributed by atoms with Crippen molar-refractivity contribution in [2.45, 2.75) is 38.4 Å². The molecule has 2 heterocycles. The molecule has 1 fully saturated rings. The van der Waals surface area contributed by atoms with Gasteiger partial charge >= 0.3 is 0 Å². The second-order valence-electron chi connectivity index (χ2n) is 5.04. The Morgan fingerprint density at radius 1 is 1.47 bits per heavy atom. The van der Waals surface area contributed by atoms with E-state index in [2.05, 4.69) is 17.2 Å². The summed E-state index contributed by atoms with van der Waals surface area (Å²) in [4.78, 5) is 18.3. The van der Waals surface area contributed by atoms with E-state index in [1.54, 1.807) is 12.4 Å². The van der Waals surface area contributed by atoms with Crippen LogP contribution in [0.4, 0.5) is 0 Å². The Bertz CT molecular complexity index is 410. The standard InChI is InChI=1S/C14H21N3O2/c1-11-4-8-17(10-12-2-6-15-7-3-12)14(19)13(16-11)5-9-18/h2-3,6-7,11,13,16,18H,4-5,8-10H2,1H3. The highest BCUT2D eigenvalue weighted by Crippen LogP contribution is 2.13. The molecule has 1 aliphatic heterocycles.